The molecular formula is C12H21BrN4. The van der Waals surface area contributed by atoms with Crippen LogP contribution in [0.25, 0.3) is 0 Å². The molecule has 0 bridgehead atoms. The van der Waals surface area contributed by atoms with Crippen LogP contribution in [0.1, 0.15) is 25.2 Å². The highest BCUT2D eigenvalue weighted by atomic mass is 79.9. The summed E-state index contributed by atoms with van der Waals surface area (Å²) in [7, 11) is 0. The molecule has 0 spiro atoms. The first-order valence-electron chi connectivity index (χ1n) is 6.30. The van der Waals surface area contributed by atoms with Crippen molar-refractivity contribution in [3.63, 3.8) is 0 Å². The van der Waals surface area contributed by atoms with Gasteiger partial charge < -0.3 is 5.32 Å². The summed E-state index contributed by atoms with van der Waals surface area (Å²) in [6, 6.07) is 0.594. The fraction of sp³-hybridized carbons (Fsp3) is 0.750. The predicted molar refractivity (Wildman–Crippen MR) is 73.1 cm³/mol. The van der Waals surface area contributed by atoms with Gasteiger partial charge in [0, 0.05) is 38.8 Å². The number of aromatic nitrogens is 2. The fourth-order valence-corrected chi connectivity index (χ4v) is 2.74. The van der Waals surface area contributed by atoms with E-state index in [0.29, 0.717) is 6.04 Å². The van der Waals surface area contributed by atoms with Crippen LogP contribution in [0.4, 0.5) is 0 Å². The molecule has 4 nitrogen and oxygen atoms in total. The van der Waals surface area contributed by atoms with Gasteiger partial charge in [-0.3, -0.25) is 9.58 Å². The van der Waals surface area contributed by atoms with Gasteiger partial charge in [0.1, 0.15) is 0 Å². The second-order valence-corrected chi connectivity index (χ2v) is 5.48. The lowest BCUT2D eigenvalue weighted by Gasteiger charge is -2.33. The van der Waals surface area contributed by atoms with Crippen molar-refractivity contribution in [2.45, 2.75) is 39.9 Å². The first-order chi connectivity index (χ1) is 8.13. The molecule has 2 rings (SSSR count). The van der Waals surface area contributed by atoms with Gasteiger partial charge in [-0.25, -0.2) is 0 Å². The summed E-state index contributed by atoms with van der Waals surface area (Å²) in [5.41, 5.74) is 2.39. The second kappa shape index (κ2) is 5.50. The Hall–Kier alpha value is -0.390. The number of piperazine rings is 1. The zero-order valence-corrected chi connectivity index (χ0v) is 12.4. The minimum Gasteiger partial charge on any atom is -0.314 e. The summed E-state index contributed by atoms with van der Waals surface area (Å²) in [4.78, 5) is 2.52. The zero-order chi connectivity index (χ0) is 12.4. The molecule has 0 radical (unpaired) electrons. The van der Waals surface area contributed by atoms with Crippen LogP contribution in [0.2, 0.25) is 0 Å². The third-order valence-electron chi connectivity index (χ3n) is 3.44. The fourth-order valence-electron chi connectivity index (χ4n) is 2.33. The molecule has 1 aliphatic rings. The molecule has 1 aliphatic heterocycles. The van der Waals surface area contributed by atoms with E-state index in [1.807, 2.05) is 0 Å². The molecule has 0 aliphatic carbocycles. The van der Waals surface area contributed by atoms with Crippen molar-refractivity contribution in [1.82, 2.24) is 20.0 Å². The highest BCUT2D eigenvalue weighted by Crippen LogP contribution is 2.23. The maximum atomic E-state index is 4.55. The summed E-state index contributed by atoms with van der Waals surface area (Å²) >= 11 is 3.66. The van der Waals surface area contributed by atoms with Crippen LogP contribution in [0, 0.1) is 6.92 Å². The molecule has 1 fully saturated rings. The molecule has 1 saturated heterocycles. The summed E-state index contributed by atoms with van der Waals surface area (Å²) < 4.78 is 3.28. The van der Waals surface area contributed by atoms with E-state index in [1.54, 1.807) is 0 Å². The van der Waals surface area contributed by atoms with Gasteiger partial charge in [0.25, 0.3) is 0 Å². The van der Waals surface area contributed by atoms with Crippen molar-refractivity contribution < 1.29 is 0 Å². The molecule has 96 valence electrons. The van der Waals surface area contributed by atoms with E-state index in [-0.39, 0.29) is 0 Å². The van der Waals surface area contributed by atoms with Crippen molar-refractivity contribution in [2.75, 3.05) is 19.6 Å². The van der Waals surface area contributed by atoms with E-state index >= 15 is 0 Å². The Morgan fingerprint density at radius 1 is 1.53 bits per heavy atom. The monoisotopic (exact) mass is 300 g/mol. The Kier molecular flexibility index (Phi) is 4.22. The van der Waals surface area contributed by atoms with E-state index in [9.17, 15) is 0 Å². The number of nitrogens with one attached hydrogen (secondary N) is 1. The van der Waals surface area contributed by atoms with Gasteiger partial charge >= 0.3 is 0 Å². The minimum atomic E-state index is 0.594. The molecule has 1 unspecified atom stereocenters. The summed E-state index contributed by atoms with van der Waals surface area (Å²) in [5, 5.41) is 7.97. The Bertz CT molecular complexity index is 388. The smallest absolute Gasteiger partial charge is 0.0739 e. The van der Waals surface area contributed by atoms with Crippen LogP contribution in [0.15, 0.2) is 4.47 Å². The first kappa shape index (κ1) is 13.1. The van der Waals surface area contributed by atoms with Gasteiger partial charge in [-0.1, -0.05) is 0 Å². The third kappa shape index (κ3) is 2.72. The molecule has 1 aromatic rings. The molecule has 1 atom stereocenters. The molecule has 0 amide bonds. The van der Waals surface area contributed by atoms with Crippen LogP contribution in [0.5, 0.6) is 0 Å². The number of hydrogen-bond acceptors (Lipinski definition) is 3. The summed E-state index contributed by atoms with van der Waals surface area (Å²) in [5.74, 6) is 0. The Labute approximate surface area is 111 Å². The van der Waals surface area contributed by atoms with E-state index in [4.69, 9.17) is 0 Å². The van der Waals surface area contributed by atoms with Gasteiger partial charge in [-0.15, -0.1) is 0 Å². The molecule has 1 aromatic heterocycles. The van der Waals surface area contributed by atoms with Crippen molar-refractivity contribution in [1.29, 1.82) is 0 Å². The van der Waals surface area contributed by atoms with E-state index in [0.717, 1.165) is 38.4 Å². The molecule has 1 N–H and O–H groups in total. The third-order valence-corrected chi connectivity index (χ3v) is 4.48. The predicted octanol–water partition coefficient (Wildman–Crippen LogP) is 1.77. The van der Waals surface area contributed by atoms with Gasteiger partial charge in [0.05, 0.1) is 15.9 Å². The topological polar surface area (TPSA) is 33.1 Å². The van der Waals surface area contributed by atoms with Gasteiger partial charge in [0.2, 0.25) is 0 Å². The zero-order valence-electron chi connectivity index (χ0n) is 10.8. The second-order valence-electron chi connectivity index (χ2n) is 4.69. The van der Waals surface area contributed by atoms with Crippen LogP contribution < -0.4 is 5.32 Å². The molecule has 0 aromatic carbocycles. The van der Waals surface area contributed by atoms with Crippen LogP contribution in [-0.4, -0.2) is 40.4 Å². The van der Waals surface area contributed by atoms with Crippen molar-refractivity contribution in [3.8, 4) is 0 Å². The highest BCUT2D eigenvalue weighted by molar-refractivity contribution is 9.10. The van der Waals surface area contributed by atoms with Gasteiger partial charge in [-0.05, 0) is 36.7 Å². The van der Waals surface area contributed by atoms with Crippen molar-refractivity contribution in [2.24, 2.45) is 0 Å². The largest absolute Gasteiger partial charge is 0.314 e. The lowest BCUT2D eigenvalue weighted by atomic mass is 10.2. The normalized spacial score (nSPS) is 22.0. The molecule has 5 heteroatoms. The number of hydrogen-bond donors (Lipinski definition) is 1. The van der Waals surface area contributed by atoms with Gasteiger partial charge in [0.15, 0.2) is 0 Å². The lowest BCUT2D eigenvalue weighted by molar-refractivity contribution is 0.161. The van der Waals surface area contributed by atoms with Crippen molar-refractivity contribution in [3.05, 3.63) is 15.9 Å². The number of halogens is 1. The van der Waals surface area contributed by atoms with E-state index < -0.39 is 0 Å². The van der Waals surface area contributed by atoms with Crippen LogP contribution in [-0.2, 0) is 13.1 Å². The van der Waals surface area contributed by atoms with E-state index in [2.05, 4.69) is 56.7 Å². The Morgan fingerprint density at radius 3 is 2.94 bits per heavy atom. The van der Waals surface area contributed by atoms with Crippen LogP contribution in [0.3, 0.4) is 0 Å². The quantitative estimate of drug-likeness (QED) is 0.923. The first-order valence-corrected chi connectivity index (χ1v) is 7.09. The van der Waals surface area contributed by atoms with Crippen LogP contribution >= 0.6 is 15.9 Å². The summed E-state index contributed by atoms with van der Waals surface area (Å²) in [6.45, 7) is 11.7. The SMILES string of the molecule is CCn1nc(C)c(Br)c1CN1CCNCC1C. The number of rotatable bonds is 3. The highest BCUT2D eigenvalue weighted by Gasteiger charge is 2.21. The van der Waals surface area contributed by atoms with E-state index in [1.165, 1.54) is 10.2 Å². The molecule has 0 saturated carbocycles. The Balaban J connectivity index is 2.16. The van der Waals surface area contributed by atoms with Gasteiger partial charge in [-0.2, -0.15) is 5.10 Å². The molecule has 17 heavy (non-hydrogen) atoms. The number of nitrogens with zero attached hydrogens (tertiary/aromatic N) is 3. The average molecular weight is 301 g/mol. The number of aryl methyl sites for hydroxylation is 2. The maximum absolute atomic E-state index is 4.55. The Morgan fingerprint density at radius 2 is 2.29 bits per heavy atom. The summed E-state index contributed by atoms with van der Waals surface area (Å²) in [6.07, 6.45) is 0. The van der Waals surface area contributed by atoms with Crippen molar-refractivity contribution >= 4 is 15.9 Å². The lowest BCUT2D eigenvalue weighted by Crippen LogP contribution is -2.49. The minimum absolute atomic E-state index is 0.594. The maximum Gasteiger partial charge on any atom is 0.0739 e. The molecule has 2 heterocycles. The molecular weight excluding hydrogens is 280 g/mol. The standard InChI is InChI=1S/C12H21BrN4/c1-4-17-11(12(13)10(3)15-17)8-16-6-5-14-7-9(16)2/h9,14H,4-8H2,1-3H3. The average Bonchev–Trinajstić information content (AvgIpc) is 2.59.